The van der Waals surface area contributed by atoms with Crippen molar-refractivity contribution in [3.63, 3.8) is 0 Å². The van der Waals surface area contributed by atoms with Crippen molar-refractivity contribution in [3.05, 3.63) is 18.2 Å². The van der Waals surface area contributed by atoms with Gasteiger partial charge in [-0.05, 0) is 32.7 Å². The molecule has 2 fully saturated rings. The Morgan fingerprint density at radius 2 is 2.28 bits per heavy atom. The Bertz CT molecular complexity index is 453. The lowest BCUT2D eigenvalue weighted by molar-refractivity contribution is -0.142. The average Bonchev–Trinajstić information content (AvgIpc) is 2.97. The van der Waals surface area contributed by atoms with Crippen molar-refractivity contribution in [2.75, 3.05) is 6.54 Å². The maximum Gasteiger partial charge on any atom is 0.308 e. The number of carboxylic acid groups (broad SMARTS) is 1. The van der Waals surface area contributed by atoms with E-state index in [2.05, 4.69) is 14.5 Å². The van der Waals surface area contributed by atoms with Crippen molar-refractivity contribution in [2.45, 2.75) is 44.8 Å². The smallest absolute Gasteiger partial charge is 0.308 e. The molecule has 98 valence electrons. The first-order valence-electron chi connectivity index (χ1n) is 6.64. The van der Waals surface area contributed by atoms with Crippen LogP contribution in [-0.2, 0) is 11.3 Å². The molecule has 1 saturated heterocycles. The van der Waals surface area contributed by atoms with Crippen LogP contribution in [0.1, 0.15) is 37.9 Å². The third-order valence-corrected chi connectivity index (χ3v) is 4.25. The quantitative estimate of drug-likeness (QED) is 0.878. The summed E-state index contributed by atoms with van der Waals surface area (Å²) in [5.74, 6) is -0.886. The molecular weight excluding hydrogens is 230 g/mol. The zero-order valence-corrected chi connectivity index (χ0v) is 10.6. The fraction of sp³-hybridized carbons (Fsp3) is 0.692. The van der Waals surface area contributed by atoms with E-state index in [4.69, 9.17) is 5.11 Å². The standard InChI is InChI=1S/C13H19N3O2/c1-9-12(13(17)18)4-5-15(9)7-11-6-14-8-16(11)10-2-3-10/h6,8-10,12H,2-5,7H2,1H3,(H,17,18). The molecule has 0 aromatic carbocycles. The summed E-state index contributed by atoms with van der Waals surface area (Å²) in [7, 11) is 0. The molecule has 1 aromatic rings. The second-order valence-electron chi connectivity index (χ2n) is 5.47. The summed E-state index contributed by atoms with van der Waals surface area (Å²) >= 11 is 0. The topological polar surface area (TPSA) is 58.4 Å². The Morgan fingerprint density at radius 3 is 2.89 bits per heavy atom. The number of hydrogen-bond acceptors (Lipinski definition) is 3. The van der Waals surface area contributed by atoms with Crippen molar-refractivity contribution < 1.29 is 9.90 Å². The molecule has 2 heterocycles. The SMILES string of the molecule is CC1C(C(=O)O)CCN1Cc1cncn1C1CC1. The maximum absolute atomic E-state index is 11.1. The number of aliphatic carboxylic acids is 1. The number of aromatic nitrogens is 2. The Morgan fingerprint density at radius 1 is 1.50 bits per heavy atom. The number of hydrogen-bond donors (Lipinski definition) is 1. The van der Waals surface area contributed by atoms with E-state index in [1.807, 2.05) is 19.4 Å². The predicted molar refractivity (Wildman–Crippen MR) is 66.1 cm³/mol. The zero-order chi connectivity index (χ0) is 12.7. The van der Waals surface area contributed by atoms with Crippen LogP contribution in [0.15, 0.2) is 12.5 Å². The first kappa shape index (κ1) is 11.7. The Hall–Kier alpha value is -1.36. The highest BCUT2D eigenvalue weighted by molar-refractivity contribution is 5.71. The van der Waals surface area contributed by atoms with Gasteiger partial charge in [0.25, 0.3) is 0 Å². The van der Waals surface area contributed by atoms with Crippen LogP contribution < -0.4 is 0 Å². The monoisotopic (exact) mass is 249 g/mol. The first-order chi connectivity index (χ1) is 8.66. The second kappa shape index (κ2) is 4.39. The van der Waals surface area contributed by atoms with E-state index in [1.54, 1.807) is 0 Å². The van der Waals surface area contributed by atoms with Gasteiger partial charge in [-0.15, -0.1) is 0 Å². The highest BCUT2D eigenvalue weighted by Crippen LogP contribution is 2.36. The van der Waals surface area contributed by atoms with E-state index in [0.717, 1.165) is 19.5 Å². The number of likely N-dealkylation sites (tertiary alicyclic amines) is 1. The van der Waals surface area contributed by atoms with Gasteiger partial charge < -0.3 is 9.67 Å². The number of carbonyl (C=O) groups is 1. The average molecular weight is 249 g/mol. The lowest BCUT2D eigenvalue weighted by atomic mass is 10.0. The summed E-state index contributed by atoms with van der Waals surface area (Å²) < 4.78 is 2.25. The van der Waals surface area contributed by atoms with Crippen LogP contribution in [0.3, 0.4) is 0 Å². The van der Waals surface area contributed by atoms with E-state index >= 15 is 0 Å². The van der Waals surface area contributed by atoms with Crippen molar-refractivity contribution >= 4 is 5.97 Å². The van der Waals surface area contributed by atoms with Gasteiger partial charge in [-0.1, -0.05) is 0 Å². The fourth-order valence-electron chi connectivity index (χ4n) is 2.90. The summed E-state index contributed by atoms with van der Waals surface area (Å²) in [6.07, 6.45) is 7.07. The minimum Gasteiger partial charge on any atom is -0.481 e. The summed E-state index contributed by atoms with van der Waals surface area (Å²) in [4.78, 5) is 17.6. The van der Waals surface area contributed by atoms with Crippen LogP contribution in [0.2, 0.25) is 0 Å². The maximum atomic E-state index is 11.1. The van der Waals surface area contributed by atoms with Gasteiger partial charge in [0, 0.05) is 24.8 Å². The molecular formula is C13H19N3O2. The fourth-order valence-corrected chi connectivity index (χ4v) is 2.90. The molecule has 2 aliphatic rings. The van der Waals surface area contributed by atoms with Gasteiger partial charge in [-0.25, -0.2) is 4.98 Å². The van der Waals surface area contributed by atoms with Crippen molar-refractivity contribution in [3.8, 4) is 0 Å². The van der Waals surface area contributed by atoms with Crippen molar-refractivity contribution in [2.24, 2.45) is 5.92 Å². The molecule has 0 bridgehead atoms. The second-order valence-corrected chi connectivity index (χ2v) is 5.47. The molecule has 1 aromatic heterocycles. The highest BCUT2D eigenvalue weighted by Gasteiger charge is 2.36. The zero-order valence-electron chi connectivity index (χ0n) is 10.6. The Balaban J connectivity index is 1.69. The third-order valence-electron chi connectivity index (χ3n) is 4.25. The number of carboxylic acids is 1. The molecule has 3 rings (SSSR count). The van der Waals surface area contributed by atoms with Gasteiger partial charge in [-0.3, -0.25) is 9.69 Å². The summed E-state index contributed by atoms with van der Waals surface area (Å²) in [6, 6.07) is 0.751. The third kappa shape index (κ3) is 2.03. The normalized spacial score (nSPS) is 28.7. The number of rotatable bonds is 4. The molecule has 1 aliphatic carbocycles. The van der Waals surface area contributed by atoms with E-state index in [1.165, 1.54) is 18.5 Å². The van der Waals surface area contributed by atoms with Gasteiger partial charge in [-0.2, -0.15) is 0 Å². The van der Waals surface area contributed by atoms with Crippen LogP contribution in [-0.4, -0.2) is 38.1 Å². The van der Waals surface area contributed by atoms with Gasteiger partial charge in [0.1, 0.15) is 0 Å². The van der Waals surface area contributed by atoms with E-state index < -0.39 is 5.97 Å². The van der Waals surface area contributed by atoms with Crippen LogP contribution in [0.5, 0.6) is 0 Å². The van der Waals surface area contributed by atoms with E-state index in [9.17, 15) is 4.79 Å². The summed E-state index contributed by atoms with van der Waals surface area (Å²) in [6.45, 7) is 3.71. The molecule has 5 heteroatoms. The predicted octanol–water partition coefficient (Wildman–Crippen LogP) is 1.51. The van der Waals surface area contributed by atoms with Gasteiger partial charge in [0.05, 0.1) is 17.9 Å². The Labute approximate surface area is 106 Å². The van der Waals surface area contributed by atoms with Crippen molar-refractivity contribution in [1.82, 2.24) is 14.5 Å². The van der Waals surface area contributed by atoms with E-state index in [-0.39, 0.29) is 12.0 Å². The van der Waals surface area contributed by atoms with Crippen LogP contribution in [0, 0.1) is 5.92 Å². The molecule has 0 spiro atoms. The lowest BCUT2D eigenvalue weighted by Crippen LogP contribution is -2.33. The lowest BCUT2D eigenvalue weighted by Gasteiger charge is -2.23. The molecule has 2 atom stereocenters. The largest absolute Gasteiger partial charge is 0.481 e. The Kier molecular flexibility index (Phi) is 2.86. The van der Waals surface area contributed by atoms with Gasteiger partial charge in [0.2, 0.25) is 0 Å². The highest BCUT2D eigenvalue weighted by atomic mass is 16.4. The van der Waals surface area contributed by atoms with Crippen LogP contribution >= 0.6 is 0 Å². The minimum atomic E-state index is -0.666. The molecule has 0 amide bonds. The van der Waals surface area contributed by atoms with Gasteiger partial charge >= 0.3 is 5.97 Å². The van der Waals surface area contributed by atoms with Gasteiger partial charge in [0.15, 0.2) is 0 Å². The van der Waals surface area contributed by atoms with E-state index in [0.29, 0.717) is 6.04 Å². The molecule has 5 nitrogen and oxygen atoms in total. The van der Waals surface area contributed by atoms with Crippen LogP contribution in [0.25, 0.3) is 0 Å². The van der Waals surface area contributed by atoms with Crippen molar-refractivity contribution in [1.29, 1.82) is 0 Å². The molecule has 1 saturated carbocycles. The number of imidazole rings is 1. The number of nitrogens with zero attached hydrogens (tertiary/aromatic N) is 3. The first-order valence-corrected chi connectivity index (χ1v) is 6.64. The molecule has 0 radical (unpaired) electrons. The molecule has 1 aliphatic heterocycles. The molecule has 1 N–H and O–H groups in total. The minimum absolute atomic E-state index is 0.116. The summed E-state index contributed by atoms with van der Waals surface area (Å²) in [5, 5.41) is 9.14. The molecule has 2 unspecified atom stereocenters. The summed E-state index contributed by atoms with van der Waals surface area (Å²) in [5.41, 5.74) is 1.22. The molecule has 18 heavy (non-hydrogen) atoms. The van der Waals surface area contributed by atoms with Crippen LogP contribution in [0.4, 0.5) is 0 Å².